The number of carbonyl (C=O) groups is 1. The Bertz CT molecular complexity index is 440. The van der Waals surface area contributed by atoms with Gasteiger partial charge in [-0.1, -0.05) is 28.9 Å². The predicted molar refractivity (Wildman–Crippen MR) is 83.2 cm³/mol. The van der Waals surface area contributed by atoms with Crippen molar-refractivity contribution in [3.63, 3.8) is 0 Å². The van der Waals surface area contributed by atoms with Crippen molar-refractivity contribution >= 4 is 21.8 Å². The molecule has 0 aliphatic heterocycles. The molecule has 0 aliphatic carbocycles. The third-order valence-electron chi connectivity index (χ3n) is 3.04. The number of rotatable bonds is 8. The van der Waals surface area contributed by atoms with Crippen molar-refractivity contribution in [2.75, 3.05) is 26.3 Å². The van der Waals surface area contributed by atoms with Crippen LogP contribution in [0.25, 0.3) is 0 Å². The van der Waals surface area contributed by atoms with Crippen molar-refractivity contribution in [1.82, 2.24) is 10.3 Å². The van der Waals surface area contributed by atoms with E-state index in [0.29, 0.717) is 5.56 Å². The number of nitrogens with one attached hydrogen (secondary N) is 1. The number of hydrogen-bond acceptors (Lipinski definition) is 4. The normalized spacial score (nSPS) is 10.8. The van der Waals surface area contributed by atoms with Crippen molar-refractivity contribution in [3.05, 3.63) is 33.8 Å². The van der Waals surface area contributed by atoms with Gasteiger partial charge in [0.05, 0.1) is 6.61 Å². The van der Waals surface area contributed by atoms with E-state index in [1.54, 1.807) is 12.1 Å². The quantitative estimate of drug-likeness (QED) is 0.327. The van der Waals surface area contributed by atoms with Crippen LogP contribution in [0, 0.1) is 0 Å². The SMILES string of the molecule is CCOCCN(CC)Cc1ccc(C(=O)NN)cc1Br. The van der Waals surface area contributed by atoms with Gasteiger partial charge in [-0.15, -0.1) is 0 Å². The Morgan fingerprint density at radius 1 is 1.45 bits per heavy atom. The first kappa shape index (κ1) is 17.1. The number of nitrogen functional groups attached to an aromatic ring is 1. The molecule has 0 unspecified atom stereocenters. The molecule has 0 saturated heterocycles. The molecule has 1 aromatic carbocycles. The van der Waals surface area contributed by atoms with Crippen molar-refractivity contribution in [1.29, 1.82) is 0 Å². The zero-order chi connectivity index (χ0) is 15.0. The molecule has 0 bridgehead atoms. The highest BCUT2D eigenvalue weighted by molar-refractivity contribution is 9.10. The highest BCUT2D eigenvalue weighted by Gasteiger charge is 2.10. The fraction of sp³-hybridized carbons (Fsp3) is 0.500. The zero-order valence-electron chi connectivity index (χ0n) is 12.0. The van der Waals surface area contributed by atoms with Gasteiger partial charge in [0.1, 0.15) is 0 Å². The average Bonchev–Trinajstić information content (AvgIpc) is 2.47. The van der Waals surface area contributed by atoms with Crippen LogP contribution in [-0.4, -0.2) is 37.1 Å². The van der Waals surface area contributed by atoms with E-state index in [2.05, 4.69) is 33.2 Å². The average molecular weight is 344 g/mol. The molecule has 6 heteroatoms. The maximum Gasteiger partial charge on any atom is 0.265 e. The highest BCUT2D eigenvalue weighted by Crippen LogP contribution is 2.20. The summed E-state index contributed by atoms with van der Waals surface area (Å²) in [5, 5.41) is 0. The first-order valence-electron chi connectivity index (χ1n) is 6.71. The van der Waals surface area contributed by atoms with Gasteiger partial charge >= 0.3 is 0 Å². The van der Waals surface area contributed by atoms with Crippen LogP contribution in [0.4, 0.5) is 0 Å². The summed E-state index contributed by atoms with van der Waals surface area (Å²) in [4.78, 5) is 13.7. The van der Waals surface area contributed by atoms with Crippen LogP contribution in [0.15, 0.2) is 22.7 Å². The molecule has 0 atom stereocenters. The van der Waals surface area contributed by atoms with Crippen LogP contribution in [0.2, 0.25) is 0 Å². The first-order chi connectivity index (χ1) is 9.62. The van der Waals surface area contributed by atoms with E-state index in [0.717, 1.165) is 42.9 Å². The van der Waals surface area contributed by atoms with Gasteiger partial charge in [-0.3, -0.25) is 15.1 Å². The minimum Gasteiger partial charge on any atom is -0.380 e. The predicted octanol–water partition coefficient (Wildman–Crippen LogP) is 1.91. The zero-order valence-corrected chi connectivity index (χ0v) is 13.6. The van der Waals surface area contributed by atoms with E-state index < -0.39 is 0 Å². The Labute approximate surface area is 128 Å². The van der Waals surface area contributed by atoms with Gasteiger partial charge in [0, 0.05) is 29.7 Å². The second-order valence-corrected chi connectivity index (χ2v) is 5.20. The fourth-order valence-electron chi connectivity index (χ4n) is 1.83. The van der Waals surface area contributed by atoms with Crippen molar-refractivity contribution in [3.8, 4) is 0 Å². The number of likely N-dealkylation sites (N-methyl/N-ethyl adjacent to an activating group) is 1. The number of hydrazine groups is 1. The summed E-state index contributed by atoms with van der Waals surface area (Å²) in [6, 6.07) is 5.50. The minimum atomic E-state index is -0.291. The second kappa shape index (κ2) is 9.07. The number of ether oxygens (including phenoxy) is 1. The monoisotopic (exact) mass is 343 g/mol. The standard InChI is InChI=1S/C14H22BrN3O2/c1-3-18(7-8-20-4-2)10-12-6-5-11(9-13(12)15)14(19)17-16/h5-6,9H,3-4,7-8,10,16H2,1-2H3,(H,17,19). The maximum absolute atomic E-state index is 11.4. The number of nitrogens with two attached hydrogens (primary N) is 1. The molecule has 0 aromatic heterocycles. The summed E-state index contributed by atoms with van der Waals surface area (Å²) in [5.41, 5.74) is 3.81. The molecule has 0 aliphatic rings. The van der Waals surface area contributed by atoms with Crippen molar-refractivity contribution in [2.45, 2.75) is 20.4 Å². The number of nitrogens with zero attached hydrogens (tertiary/aromatic N) is 1. The number of halogens is 1. The summed E-state index contributed by atoms with van der Waals surface area (Å²) < 4.78 is 6.29. The first-order valence-corrected chi connectivity index (χ1v) is 7.51. The van der Waals surface area contributed by atoms with Gasteiger partial charge in [0.15, 0.2) is 0 Å². The highest BCUT2D eigenvalue weighted by atomic mass is 79.9. The van der Waals surface area contributed by atoms with E-state index in [4.69, 9.17) is 10.6 Å². The molecule has 1 rings (SSSR count). The van der Waals surface area contributed by atoms with Gasteiger partial charge in [0.25, 0.3) is 5.91 Å². The number of hydrogen-bond donors (Lipinski definition) is 2. The lowest BCUT2D eigenvalue weighted by Gasteiger charge is -2.21. The Hall–Kier alpha value is -0.950. The van der Waals surface area contributed by atoms with Crippen LogP contribution in [0.5, 0.6) is 0 Å². The molecule has 3 N–H and O–H groups in total. The van der Waals surface area contributed by atoms with E-state index in [1.165, 1.54) is 0 Å². The Kier molecular flexibility index (Phi) is 7.76. The fourth-order valence-corrected chi connectivity index (χ4v) is 2.33. The Morgan fingerprint density at radius 3 is 2.75 bits per heavy atom. The van der Waals surface area contributed by atoms with Crippen LogP contribution < -0.4 is 11.3 Å². The van der Waals surface area contributed by atoms with Gasteiger partial charge in [-0.2, -0.15) is 0 Å². The van der Waals surface area contributed by atoms with Crippen LogP contribution >= 0.6 is 15.9 Å². The van der Waals surface area contributed by atoms with Gasteiger partial charge in [-0.25, -0.2) is 5.84 Å². The van der Waals surface area contributed by atoms with E-state index in [1.807, 2.05) is 13.0 Å². The van der Waals surface area contributed by atoms with Crippen LogP contribution in [0.3, 0.4) is 0 Å². The Morgan fingerprint density at radius 2 is 2.20 bits per heavy atom. The summed E-state index contributed by atoms with van der Waals surface area (Å²) in [7, 11) is 0. The lowest BCUT2D eigenvalue weighted by atomic mass is 10.1. The summed E-state index contributed by atoms with van der Waals surface area (Å²) >= 11 is 3.51. The summed E-state index contributed by atoms with van der Waals surface area (Å²) in [6.07, 6.45) is 0. The number of carbonyl (C=O) groups excluding carboxylic acids is 1. The molecule has 1 amide bonds. The molecule has 0 heterocycles. The van der Waals surface area contributed by atoms with E-state index in [9.17, 15) is 4.79 Å². The van der Waals surface area contributed by atoms with Crippen molar-refractivity contribution in [2.24, 2.45) is 5.84 Å². The Balaban J connectivity index is 2.68. The van der Waals surface area contributed by atoms with Crippen molar-refractivity contribution < 1.29 is 9.53 Å². The number of amides is 1. The second-order valence-electron chi connectivity index (χ2n) is 4.35. The van der Waals surface area contributed by atoms with E-state index >= 15 is 0 Å². The van der Waals surface area contributed by atoms with E-state index in [-0.39, 0.29) is 5.91 Å². The molecule has 0 fully saturated rings. The van der Waals surface area contributed by atoms with Gasteiger partial charge in [0.2, 0.25) is 0 Å². The van der Waals surface area contributed by atoms with Gasteiger partial charge < -0.3 is 4.74 Å². The molecular weight excluding hydrogens is 322 g/mol. The topological polar surface area (TPSA) is 67.6 Å². The molecule has 0 saturated carbocycles. The molecule has 0 spiro atoms. The molecule has 5 nitrogen and oxygen atoms in total. The summed E-state index contributed by atoms with van der Waals surface area (Å²) in [6.45, 7) is 8.24. The van der Waals surface area contributed by atoms with Gasteiger partial charge in [-0.05, 0) is 31.2 Å². The molecule has 1 aromatic rings. The minimum absolute atomic E-state index is 0.291. The molecule has 20 heavy (non-hydrogen) atoms. The van der Waals surface area contributed by atoms with Crippen LogP contribution in [-0.2, 0) is 11.3 Å². The molecule has 0 radical (unpaired) electrons. The lowest BCUT2D eigenvalue weighted by Crippen LogP contribution is -2.30. The maximum atomic E-state index is 11.4. The largest absolute Gasteiger partial charge is 0.380 e. The summed E-state index contributed by atoms with van der Waals surface area (Å²) in [5.74, 6) is 4.83. The lowest BCUT2D eigenvalue weighted by molar-refractivity contribution is 0.0953. The number of benzene rings is 1. The smallest absolute Gasteiger partial charge is 0.265 e. The molecular formula is C14H22BrN3O2. The third kappa shape index (κ3) is 5.20. The molecule has 112 valence electrons. The third-order valence-corrected chi connectivity index (χ3v) is 3.78. The van der Waals surface area contributed by atoms with Crippen LogP contribution in [0.1, 0.15) is 29.8 Å².